The standard InChI is InChI=1S/C22H21ClN4O3/c1-14-19(22(30)27(25(14)2)17-6-4-3-5-7-17)24-20(28)18-12-13-26(21(18)29)16-10-8-15(23)9-11-16/h3-11,18H,12-13H2,1-2H3,(H,24,28). The van der Waals surface area contributed by atoms with Crippen LogP contribution in [0.4, 0.5) is 11.4 Å². The monoisotopic (exact) mass is 424 g/mol. The summed E-state index contributed by atoms with van der Waals surface area (Å²) in [6.07, 6.45) is 0.381. The minimum absolute atomic E-state index is 0.184. The Labute approximate surface area is 178 Å². The lowest BCUT2D eigenvalue weighted by molar-refractivity contribution is -0.129. The van der Waals surface area contributed by atoms with Crippen LogP contribution < -0.4 is 15.8 Å². The molecular weight excluding hydrogens is 404 g/mol. The van der Waals surface area contributed by atoms with Crippen molar-refractivity contribution in [1.82, 2.24) is 9.36 Å². The molecule has 1 aromatic heterocycles. The van der Waals surface area contributed by atoms with E-state index in [-0.39, 0.29) is 17.2 Å². The number of para-hydroxylation sites is 1. The molecule has 4 rings (SSSR count). The van der Waals surface area contributed by atoms with Gasteiger partial charge in [-0.2, -0.15) is 0 Å². The van der Waals surface area contributed by atoms with Gasteiger partial charge in [-0.15, -0.1) is 0 Å². The zero-order valence-electron chi connectivity index (χ0n) is 16.6. The molecule has 154 valence electrons. The average Bonchev–Trinajstić information content (AvgIpc) is 3.22. The predicted molar refractivity (Wildman–Crippen MR) is 116 cm³/mol. The van der Waals surface area contributed by atoms with Gasteiger partial charge in [0.15, 0.2) is 0 Å². The number of rotatable bonds is 4. The zero-order chi connectivity index (χ0) is 21.4. The number of carbonyl (C=O) groups is 2. The number of aromatic nitrogens is 2. The van der Waals surface area contributed by atoms with Gasteiger partial charge in [0.05, 0.1) is 11.4 Å². The van der Waals surface area contributed by atoms with Crippen molar-refractivity contribution < 1.29 is 9.59 Å². The molecule has 0 radical (unpaired) electrons. The Morgan fingerprint density at radius 2 is 1.70 bits per heavy atom. The highest BCUT2D eigenvalue weighted by Crippen LogP contribution is 2.27. The molecule has 8 heteroatoms. The van der Waals surface area contributed by atoms with Crippen LogP contribution in [0.1, 0.15) is 12.1 Å². The molecule has 1 N–H and O–H groups in total. The molecule has 0 bridgehead atoms. The molecule has 2 amide bonds. The van der Waals surface area contributed by atoms with Crippen molar-refractivity contribution in [3.63, 3.8) is 0 Å². The largest absolute Gasteiger partial charge is 0.319 e. The number of carbonyl (C=O) groups excluding carboxylic acids is 2. The summed E-state index contributed by atoms with van der Waals surface area (Å²) in [5.74, 6) is -1.60. The van der Waals surface area contributed by atoms with Crippen LogP contribution >= 0.6 is 11.6 Å². The van der Waals surface area contributed by atoms with Gasteiger partial charge in [-0.1, -0.05) is 29.8 Å². The van der Waals surface area contributed by atoms with Crippen LogP contribution in [0.25, 0.3) is 5.69 Å². The molecular formula is C22H21ClN4O3. The summed E-state index contributed by atoms with van der Waals surface area (Å²) in [4.78, 5) is 40.3. The van der Waals surface area contributed by atoms with Crippen molar-refractivity contribution in [1.29, 1.82) is 0 Å². The van der Waals surface area contributed by atoms with E-state index in [0.717, 1.165) is 0 Å². The Balaban J connectivity index is 1.57. The van der Waals surface area contributed by atoms with E-state index < -0.39 is 11.8 Å². The fourth-order valence-corrected chi connectivity index (χ4v) is 3.85. The van der Waals surface area contributed by atoms with Crippen molar-refractivity contribution in [2.75, 3.05) is 16.8 Å². The molecule has 1 fully saturated rings. The molecule has 0 saturated carbocycles. The number of anilines is 2. The molecule has 2 heterocycles. The SMILES string of the molecule is Cc1c(NC(=O)C2CCN(c3ccc(Cl)cc3)C2=O)c(=O)n(-c2ccccc2)n1C. The lowest BCUT2D eigenvalue weighted by Crippen LogP contribution is -2.34. The molecule has 0 aliphatic carbocycles. The van der Waals surface area contributed by atoms with Gasteiger partial charge in [-0.25, -0.2) is 4.68 Å². The van der Waals surface area contributed by atoms with E-state index >= 15 is 0 Å². The van der Waals surface area contributed by atoms with Crippen LogP contribution in [0.3, 0.4) is 0 Å². The van der Waals surface area contributed by atoms with E-state index in [0.29, 0.717) is 35.1 Å². The van der Waals surface area contributed by atoms with Gasteiger partial charge in [-0.3, -0.25) is 19.1 Å². The second-order valence-electron chi connectivity index (χ2n) is 7.23. The third-order valence-corrected chi connectivity index (χ3v) is 5.71. The van der Waals surface area contributed by atoms with Crippen molar-refractivity contribution in [2.45, 2.75) is 13.3 Å². The smallest absolute Gasteiger partial charge is 0.295 e. The fraction of sp³-hybridized carbons (Fsp3) is 0.227. The van der Waals surface area contributed by atoms with E-state index in [2.05, 4.69) is 5.32 Å². The van der Waals surface area contributed by atoms with Crippen molar-refractivity contribution >= 4 is 34.8 Å². The van der Waals surface area contributed by atoms with Gasteiger partial charge in [0.25, 0.3) is 5.56 Å². The number of hydrogen-bond donors (Lipinski definition) is 1. The summed E-state index contributed by atoms with van der Waals surface area (Å²) < 4.78 is 3.17. The minimum atomic E-state index is -0.843. The fourth-order valence-electron chi connectivity index (χ4n) is 3.72. The maximum Gasteiger partial charge on any atom is 0.295 e. The number of benzene rings is 2. The quantitative estimate of drug-likeness (QED) is 0.654. The molecule has 1 aliphatic rings. The second kappa shape index (κ2) is 7.84. The molecule has 1 saturated heterocycles. The van der Waals surface area contributed by atoms with Crippen molar-refractivity contribution in [2.24, 2.45) is 13.0 Å². The van der Waals surface area contributed by atoms with Crippen LogP contribution in [0.15, 0.2) is 59.4 Å². The third-order valence-electron chi connectivity index (χ3n) is 5.46. The molecule has 1 atom stereocenters. The molecule has 2 aromatic carbocycles. The van der Waals surface area contributed by atoms with Gasteiger partial charge in [0.2, 0.25) is 11.8 Å². The summed E-state index contributed by atoms with van der Waals surface area (Å²) in [5.41, 5.74) is 1.84. The second-order valence-corrected chi connectivity index (χ2v) is 7.67. The molecule has 3 aromatic rings. The Bertz CT molecular complexity index is 1170. The topological polar surface area (TPSA) is 76.3 Å². The van der Waals surface area contributed by atoms with Crippen LogP contribution in [-0.2, 0) is 16.6 Å². The van der Waals surface area contributed by atoms with Gasteiger partial charge >= 0.3 is 0 Å². The van der Waals surface area contributed by atoms with Gasteiger partial charge < -0.3 is 10.2 Å². The van der Waals surface area contributed by atoms with Crippen LogP contribution in [-0.4, -0.2) is 27.7 Å². The summed E-state index contributed by atoms with van der Waals surface area (Å²) in [5, 5.41) is 3.28. The van der Waals surface area contributed by atoms with E-state index in [1.807, 2.05) is 30.3 Å². The highest BCUT2D eigenvalue weighted by atomic mass is 35.5. The lowest BCUT2D eigenvalue weighted by Gasteiger charge is -2.16. The number of hydrogen-bond acceptors (Lipinski definition) is 3. The maximum atomic E-state index is 13.0. The summed E-state index contributed by atoms with van der Waals surface area (Å²) >= 11 is 5.91. The van der Waals surface area contributed by atoms with Crippen molar-refractivity contribution in [3.8, 4) is 5.69 Å². The number of amides is 2. The Hall–Kier alpha value is -3.32. The molecule has 1 unspecified atom stereocenters. The molecule has 0 spiro atoms. The first-order valence-corrected chi connectivity index (χ1v) is 9.98. The highest BCUT2D eigenvalue weighted by Gasteiger charge is 2.38. The number of halogens is 1. The molecule has 30 heavy (non-hydrogen) atoms. The number of nitrogens with zero attached hydrogens (tertiary/aromatic N) is 3. The van der Waals surface area contributed by atoms with E-state index in [4.69, 9.17) is 11.6 Å². The van der Waals surface area contributed by atoms with Gasteiger partial charge in [-0.05, 0) is 49.7 Å². The first-order valence-electron chi connectivity index (χ1n) is 9.60. The van der Waals surface area contributed by atoms with E-state index in [1.165, 1.54) is 4.68 Å². The first-order chi connectivity index (χ1) is 14.4. The average molecular weight is 425 g/mol. The predicted octanol–water partition coefficient (Wildman–Crippen LogP) is 3.13. The molecule has 1 aliphatic heterocycles. The maximum absolute atomic E-state index is 13.0. The lowest BCUT2D eigenvalue weighted by atomic mass is 10.1. The Morgan fingerprint density at radius 3 is 2.37 bits per heavy atom. The van der Waals surface area contributed by atoms with E-state index in [9.17, 15) is 14.4 Å². The Morgan fingerprint density at radius 1 is 1.03 bits per heavy atom. The van der Waals surface area contributed by atoms with Crippen molar-refractivity contribution in [3.05, 3.63) is 75.7 Å². The first kappa shape index (κ1) is 20.0. The minimum Gasteiger partial charge on any atom is -0.319 e. The van der Waals surface area contributed by atoms with Crippen LogP contribution in [0.5, 0.6) is 0 Å². The van der Waals surface area contributed by atoms with Crippen LogP contribution in [0.2, 0.25) is 5.02 Å². The van der Waals surface area contributed by atoms with Gasteiger partial charge in [0, 0.05) is 24.3 Å². The van der Waals surface area contributed by atoms with E-state index in [1.54, 1.807) is 47.8 Å². The summed E-state index contributed by atoms with van der Waals surface area (Å²) in [7, 11) is 1.75. The Kier molecular flexibility index (Phi) is 5.22. The highest BCUT2D eigenvalue weighted by molar-refractivity contribution is 6.30. The molecule has 7 nitrogen and oxygen atoms in total. The number of nitrogens with one attached hydrogen (secondary N) is 1. The third kappa shape index (κ3) is 3.41. The van der Waals surface area contributed by atoms with Gasteiger partial charge in [0.1, 0.15) is 11.6 Å². The normalized spacial score (nSPS) is 16.2. The summed E-state index contributed by atoms with van der Waals surface area (Å²) in [6.45, 7) is 2.19. The zero-order valence-corrected chi connectivity index (χ0v) is 17.4. The van der Waals surface area contributed by atoms with Crippen LogP contribution in [0, 0.1) is 12.8 Å². The summed E-state index contributed by atoms with van der Waals surface area (Å²) in [6, 6.07) is 16.1.